The maximum Gasteiger partial charge on any atom is 0.161 e. The van der Waals surface area contributed by atoms with Crippen LogP contribution in [0.25, 0.3) is 17.1 Å². The van der Waals surface area contributed by atoms with Crippen LogP contribution in [0.15, 0.2) is 67.1 Å². The molecular formula is C23H24N6. The van der Waals surface area contributed by atoms with Crippen LogP contribution in [0.4, 0.5) is 5.82 Å². The summed E-state index contributed by atoms with van der Waals surface area (Å²) in [6, 6.07) is 12.3. The van der Waals surface area contributed by atoms with Crippen molar-refractivity contribution in [3.63, 3.8) is 0 Å². The Balaban J connectivity index is 1.73. The molecule has 146 valence electrons. The fraction of sp³-hybridized carbons (Fsp3) is 0.217. The number of hydrogen-bond donors (Lipinski definition) is 1. The van der Waals surface area contributed by atoms with Crippen LogP contribution in [-0.4, -0.2) is 25.0 Å². The van der Waals surface area contributed by atoms with Crippen molar-refractivity contribution in [1.82, 2.24) is 25.0 Å². The van der Waals surface area contributed by atoms with Crippen LogP contribution in [0.3, 0.4) is 0 Å². The zero-order valence-electron chi connectivity index (χ0n) is 24.6. The van der Waals surface area contributed by atoms with Gasteiger partial charge in [-0.3, -0.25) is 0 Å². The quantitative estimate of drug-likeness (QED) is 0.511. The van der Waals surface area contributed by atoms with Crippen molar-refractivity contribution in [1.29, 1.82) is 0 Å². The number of benzene rings is 2. The van der Waals surface area contributed by atoms with Gasteiger partial charge in [0.2, 0.25) is 0 Å². The number of nitrogens with zero attached hydrogens (tertiary/aromatic N) is 5. The zero-order chi connectivity index (χ0) is 27.9. The third kappa shape index (κ3) is 4.16. The zero-order valence-corrected chi connectivity index (χ0v) is 15.6. The molecule has 29 heavy (non-hydrogen) atoms. The van der Waals surface area contributed by atoms with Gasteiger partial charge in [0.1, 0.15) is 5.82 Å². The molecule has 0 aliphatic rings. The van der Waals surface area contributed by atoms with E-state index in [1.165, 1.54) is 35.3 Å². The van der Waals surface area contributed by atoms with Crippen molar-refractivity contribution in [3.05, 3.63) is 83.8 Å². The summed E-state index contributed by atoms with van der Waals surface area (Å²) < 4.78 is 74.5. The molecule has 0 aliphatic carbocycles. The van der Waals surface area contributed by atoms with E-state index in [-0.39, 0.29) is 22.8 Å². The molecule has 4 aromatic rings. The number of aryl methyl sites for hydroxylation is 1. The Morgan fingerprint density at radius 2 is 2.00 bits per heavy atom. The molecular weight excluding hydrogens is 360 g/mol. The molecule has 0 atom stereocenters. The third-order valence-corrected chi connectivity index (χ3v) is 4.29. The summed E-state index contributed by atoms with van der Waals surface area (Å²) in [5.74, 6) is -2.87. The predicted octanol–water partition coefficient (Wildman–Crippen LogP) is 4.77. The number of rotatable bonds is 6. The molecule has 4 rings (SSSR count). The summed E-state index contributed by atoms with van der Waals surface area (Å²) in [5, 5.41) is 10.4. The van der Waals surface area contributed by atoms with Gasteiger partial charge in [0, 0.05) is 33.4 Å². The first kappa shape index (κ1) is 10.9. The molecule has 0 spiro atoms. The van der Waals surface area contributed by atoms with Crippen molar-refractivity contribution in [2.75, 3.05) is 5.32 Å². The van der Waals surface area contributed by atoms with Crippen LogP contribution in [0, 0.1) is 6.92 Å². The highest BCUT2D eigenvalue weighted by atomic mass is 15.4. The number of aromatic nitrogens is 5. The summed E-state index contributed by atoms with van der Waals surface area (Å²) >= 11 is 0. The summed E-state index contributed by atoms with van der Waals surface area (Å²) in [5.41, 5.74) is 1.27. The molecule has 0 saturated carbocycles. The Bertz CT molecular complexity index is 1400. The van der Waals surface area contributed by atoms with E-state index < -0.39 is 26.1 Å². The van der Waals surface area contributed by atoms with Crippen molar-refractivity contribution < 1.29 is 12.3 Å². The van der Waals surface area contributed by atoms with Gasteiger partial charge in [-0.25, -0.2) is 14.6 Å². The lowest BCUT2D eigenvalue weighted by Crippen LogP contribution is -2.06. The lowest BCUT2D eigenvalue weighted by atomic mass is 9.97. The highest BCUT2D eigenvalue weighted by Crippen LogP contribution is 2.28. The molecule has 2 aromatic heterocycles. The molecule has 2 aromatic carbocycles. The Morgan fingerprint density at radius 1 is 1.17 bits per heavy atom. The van der Waals surface area contributed by atoms with Gasteiger partial charge in [0.25, 0.3) is 0 Å². The standard InChI is InChI=1S/C23H24N6/c1-16(2)20-6-4-5-7-21(20)23-24-14-17(3)22(27-23)25-15-18-8-10-19(11-9-18)29-13-12-26-28-29/h4-14,16H,15H2,1-3H3,(H,24,25,27)/i1D3,2D3,15D2,16D. The van der Waals surface area contributed by atoms with Crippen LogP contribution in [0.2, 0.25) is 0 Å². The summed E-state index contributed by atoms with van der Waals surface area (Å²) in [6.45, 7) is -6.78. The lowest BCUT2D eigenvalue weighted by Gasteiger charge is -2.14. The average Bonchev–Trinajstić information content (AvgIpc) is 3.39. The highest BCUT2D eigenvalue weighted by molar-refractivity contribution is 5.63. The van der Waals surface area contributed by atoms with Crippen molar-refractivity contribution in [3.8, 4) is 17.1 Å². The second-order valence-corrected chi connectivity index (χ2v) is 6.29. The van der Waals surface area contributed by atoms with Gasteiger partial charge < -0.3 is 5.32 Å². The maximum atomic E-state index is 8.61. The summed E-state index contributed by atoms with van der Waals surface area (Å²) in [6.07, 6.45) is 4.61. The molecule has 0 radical (unpaired) electrons. The molecule has 2 heterocycles. The molecule has 1 N–H and O–H groups in total. The van der Waals surface area contributed by atoms with Gasteiger partial charge in [0.15, 0.2) is 5.82 Å². The second-order valence-electron chi connectivity index (χ2n) is 6.29. The van der Waals surface area contributed by atoms with Gasteiger partial charge >= 0.3 is 0 Å². The fourth-order valence-corrected chi connectivity index (χ4v) is 2.77. The van der Waals surface area contributed by atoms with Gasteiger partial charge in [-0.05, 0) is 36.1 Å². The summed E-state index contributed by atoms with van der Waals surface area (Å²) in [7, 11) is 0. The van der Waals surface area contributed by atoms with Crippen molar-refractivity contribution >= 4 is 5.82 Å². The molecule has 0 aliphatic heterocycles. The van der Waals surface area contributed by atoms with Crippen LogP contribution in [0.5, 0.6) is 0 Å². The Hall–Kier alpha value is -3.54. The Kier molecular flexibility index (Phi) is 3.08. The van der Waals surface area contributed by atoms with Gasteiger partial charge in [0.05, 0.1) is 20.8 Å². The maximum absolute atomic E-state index is 8.61. The van der Waals surface area contributed by atoms with E-state index in [4.69, 9.17) is 12.3 Å². The van der Waals surface area contributed by atoms with Gasteiger partial charge in [-0.2, -0.15) is 0 Å². The van der Waals surface area contributed by atoms with E-state index in [1.807, 2.05) is 0 Å². The van der Waals surface area contributed by atoms with Crippen molar-refractivity contribution in [2.45, 2.75) is 33.0 Å². The topological polar surface area (TPSA) is 68.5 Å². The molecule has 6 nitrogen and oxygen atoms in total. The Labute approximate surface area is 183 Å². The molecule has 0 saturated heterocycles. The van der Waals surface area contributed by atoms with Crippen LogP contribution < -0.4 is 5.32 Å². The lowest BCUT2D eigenvalue weighted by molar-refractivity contribution is 0.802. The van der Waals surface area contributed by atoms with E-state index in [0.717, 1.165) is 0 Å². The van der Waals surface area contributed by atoms with E-state index in [1.54, 1.807) is 43.5 Å². The number of nitrogens with one attached hydrogen (secondary N) is 1. The molecule has 0 bridgehead atoms. The summed E-state index contributed by atoms with van der Waals surface area (Å²) in [4.78, 5) is 8.66. The highest BCUT2D eigenvalue weighted by Gasteiger charge is 2.12. The number of hydrogen-bond acceptors (Lipinski definition) is 5. The minimum Gasteiger partial charge on any atom is -0.366 e. The monoisotopic (exact) mass is 393 g/mol. The molecule has 0 amide bonds. The minimum absolute atomic E-state index is 0.0452. The Morgan fingerprint density at radius 3 is 2.76 bits per heavy atom. The molecule has 6 heteroatoms. The van der Waals surface area contributed by atoms with Gasteiger partial charge in [-0.15, -0.1) is 5.10 Å². The third-order valence-electron chi connectivity index (χ3n) is 4.29. The van der Waals surface area contributed by atoms with Crippen LogP contribution in [-0.2, 0) is 6.50 Å². The second kappa shape index (κ2) is 8.22. The molecule has 0 unspecified atom stereocenters. The van der Waals surface area contributed by atoms with Crippen molar-refractivity contribution in [2.24, 2.45) is 0 Å². The number of anilines is 1. The normalized spacial score (nSPS) is 17.3. The molecule has 0 fully saturated rings. The first-order chi connectivity index (χ1) is 17.6. The van der Waals surface area contributed by atoms with E-state index in [9.17, 15) is 0 Å². The smallest absolute Gasteiger partial charge is 0.161 e. The minimum atomic E-state index is -3.18. The van der Waals surface area contributed by atoms with Gasteiger partial charge in [-0.1, -0.05) is 55.3 Å². The predicted molar refractivity (Wildman–Crippen MR) is 115 cm³/mol. The SMILES string of the molecule is [2H]C([2H])(Nc1nc(-c2ccccc2C([2H])(C([2H])([2H])[2H])C([2H])([2H])[2H])ncc1C)c1ccc(-n2ccnn2)cc1. The largest absolute Gasteiger partial charge is 0.366 e. The fourth-order valence-electron chi connectivity index (χ4n) is 2.77. The van der Waals surface area contributed by atoms with Crippen LogP contribution >= 0.6 is 0 Å². The van der Waals surface area contributed by atoms with E-state index in [0.29, 0.717) is 16.8 Å². The first-order valence-corrected chi connectivity index (χ1v) is 8.84. The average molecular weight is 394 g/mol. The van der Waals surface area contributed by atoms with E-state index in [2.05, 4.69) is 25.6 Å². The van der Waals surface area contributed by atoms with Crippen LogP contribution in [0.1, 0.15) is 48.6 Å². The van der Waals surface area contributed by atoms with E-state index >= 15 is 0 Å². The first-order valence-electron chi connectivity index (χ1n) is 13.3.